The van der Waals surface area contributed by atoms with E-state index in [0.29, 0.717) is 0 Å². The predicted octanol–water partition coefficient (Wildman–Crippen LogP) is 3.50. The van der Waals surface area contributed by atoms with Crippen molar-refractivity contribution >= 4 is 11.6 Å². The molecule has 1 aliphatic heterocycles. The predicted molar refractivity (Wildman–Crippen MR) is 108 cm³/mol. The molecule has 0 N–H and O–H groups in total. The summed E-state index contributed by atoms with van der Waals surface area (Å²) in [6.07, 6.45) is 9.32. The van der Waals surface area contributed by atoms with Crippen LogP contribution in [0.5, 0.6) is 0 Å². The fraction of sp³-hybridized carbons (Fsp3) is 0.583. The zero-order chi connectivity index (χ0) is 21.0. The summed E-state index contributed by atoms with van der Waals surface area (Å²) in [7, 11) is 0. The maximum Gasteiger partial charge on any atom is 0.196 e. The van der Waals surface area contributed by atoms with Crippen LogP contribution in [-0.4, -0.2) is 36.1 Å². The van der Waals surface area contributed by atoms with E-state index in [4.69, 9.17) is 0 Å². The van der Waals surface area contributed by atoms with Crippen molar-refractivity contribution in [3.05, 3.63) is 34.9 Å². The highest BCUT2D eigenvalue weighted by Gasteiger charge is 2.60. The lowest BCUT2D eigenvalue weighted by molar-refractivity contribution is -0.130. The molecule has 0 aromatic heterocycles. The number of ketones is 2. The van der Waals surface area contributed by atoms with Crippen molar-refractivity contribution in [2.75, 3.05) is 19.6 Å². The van der Waals surface area contributed by atoms with E-state index >= 15 is 0 Å². The van der Waals surface area contributed by atoms with Gasteiger partial charge in [0.1, 0.15) is 12.1 Å². The molecule has 2 fully saturated rings. The molecule has 4 aliphatic rings. The molecule has 0 aromatic rings. The Morgan fingerprint density at radius 1 is 1.07 bits per heavy atom. The molecule has 3 aliphatic carbocycles. The van der Waals surface area contributed by atoms with Crippen LogP contribution in [0.4, 0.5) is 0 Å². The first-order chi connectivity index (χ1) is 13.7. The number of Topliss-reactive ketones (excluding diaryl/α,β-unsaturated/α-hetero) is 1. The summed E-state index contributed by atoms with van der Waals surface area (Å²) < 4.78 is 0. The lowest BCUT2D eigenvalue weighted by Crippen LogP contribution is -2.55. The molecule has 1 heterocycles. The van der Waals surface area contributed by atoms with E-state index in [-0.39, 0.29) is 28.6 Å². The molecular weight excluding hydrogens is 362 g/mol. The van der Waals surface area contributed by atoms with Gasteiger partial charge in [-0.1, -0.05) is 32.9 Å². The third-order valence-corrected chi connectivity index (χ3v) is 7.77. The molecule has 1 saturated carbocycles. The summed E-state index contributed by atoms with van der Waals surface area (Å²) in [5.41, 5.74) is -0.252. The molecule has 0 bridgehead atoms. The van der Waals surface area contributed by atoms with E-state index < -0.39 is 16.2 Å². The van der Waals surface area contributed by atoms with Gasteiger partial charge in [-0.05, 0) is 56.3 Å². The Bertz CT molecular complexity index is 965. The first kappa shape index (κ1) is 19.8. The van der Waals surface area contributed by atoms with Gasteiger partial charge in [-0.25, -0.2) is 0 Å². The van der Waals surface area contributed by atoms with Gasteiger partial charge in [0.15, 0.2) is 11.6 Å². The number of likely N-dealkylation sites (tertiary alicyclic amines) is 1. The summed E-state index contributed by atoms with van der Waals surface area (Å²) in [4.78, 5) is 28.1. The van der Waals surface area contributed by atoms with Crippen molar-refractivity contribution in [3.8, 4) is 12.1 Å². The van der Waals surface area contributed by atoms with Crippen molar-refractivity contribution in [2.45, 2.75) is 46.5 Å². The fourth-order valence-corrected chi connectivity index (χ4v) is 6.45. The van der Waals surface area contributed by atoms with Gasteiger partial charge in [0, 0.05) is 22.8 Å². The normalized spacial score (nSPS) is 36.2. The van der Waals surface area contributed by atoms with E-state index in [2.05, 4.69) is 24.0 Å². The first-order valence-corrected chi connectivity index (χ1v) is 10.5. The third kappa shape index (κ3) is 2.75. The van der Waals surface area contributed by atoms with Crippen LogP contribution in [0.1, 0.15) is 46.5 Å². The third-order valence-electron chi connectivity index (χ3n) is 7.77. The van der Waals surface area contributed by atoms with Crippen LogP contribution < -0.4 is 0 Å². The Morgan fingerprint density at radius 3 is 2.34 bits per heavy atom. The molecule has 29 heavy (non-hydrogen) atoms. The average Bonchev–Trinajstić information content (AvgIpc) is 3.18. The quantitative estimate of drug-likeness (QED) is 0.721. The maximum absolute atomic E-state index is 12.9. The minimum atomic E-state index is -0.669. The number of carbonyl (C=O) groups is 2. The van der Waals surface area contributed by atoms with Gasteiger partial charge in [-0.2, -0.15) is 10.5 Å². The molecule has 1 saturated heterocycles. The topological polar surface area (TPSA) is 85.0 Å². The molecular formula is C24H27N3O2. The van der Waals surface area contributed by atoms with E-state index in [1.807, 2.05) is 26.0 Å². The summed E-state index contributed by atoms with van der Waals surface area (Å²) in [5, 5.41) is 19.2. The van der Waals surface area contributed by atoms with Crippen molar-refractivity contribution < 1.29 is 9.59 Å². The second-order valence-electron chi connectivity index (χ2n) is 9.83. The molecule has 5 heteroatoms. The Balaban J connectivity index is 1.90. The number of hydrogen-bond donors (Lipinski definition) is 0. The van der Waals surface area contributed by atoms with Gasteiger partial charge < -0.3 is 4.90 Å². The molecule has 0 aromatic carbocycles. The van der Waals surface area contributed by atoms with E-state index in [1.165, 1.54) is 12.8 Å². The molecule has 5 nitrogen and oxygen atoms in total. The van der Waals surface area contributed by atoms with Crippen LogP contribution >= 0.6 is 0 Å². The fourth-order valence-electron chi connectivity index (χ4n) is 6.45. The summed E-state index contributed by atoms with van der Waals surface area (Å²) >= 11 is 0. The minimum absolute atomic E-state index is 0.0161. The van der Waals surface area contributed by atoms with Crippen molar-refractivity contribution in [2.24, 2.45) is 22.2 Å². The van der Waals surface area contributed by atoms with Crippen molar-refractivity contribution in [1.29, 1.82) is 10.5 Å². The van der Waals surface area contributed by atoms with Gasteiger partial charge >= 0.3 is 0 Å². The monoisotopic (exact) mass is 389 g/mol. The Morgan fingerprint density at radius 2 is 1.72 bits per heavy atom. The molecule has 0 spiro atoms. The highest BCUT2D eigenvalue weighted by atomic mass is 16.1. The van der Waals surface area contributed by atoms with E-state index in [9.17, 15) is 20.1 Å². The number of hydrogen-bond acceptors (Lipinski definition) is 5. The number of nitrogens with zero attached hydrogens (tertiary/aromatic N) is 3. The zero-order valence-corrected chi connectivity index (χ0v) is 17.4. The van der Waals surface area contributed by atoms with Gasteiger partial charge in [-0.15, -0.1) is 0 Å². The van der Waals surface area contributed by atoms with Crippen LogP contribution in [0, 0.1) is 44.8 Å². The SMILES string of the molecule is CC1(C)C(=O)C(C#N)=CC2(C)C3=CC(=O)C(C#N)=CC3(CN3CCCC3)CCC12. The number of carbonyl (C=O) groups excluding carboxylic acids is 2. The van der Waals surface area contributed by atoms with Crippen molar-refractivity contribution in [1.82, 2.24) is 4.90 Å². The minimum Gasteiger partial charge on any atom is -0.302 e. The average molecular weight is 389 g/mol. The summed E-state index contributed by atoms with van der Waals surface area (Å²) in [6.45, 7) is 8.77. The second-order valence-corrected chi connectivity index (χ2v) is 9.83. The Labute approximate surface area is 172 Å². The smallest absolute Gasteiger partial charge is 0.196 e. The molecule has 4 rings (SSSR count). The van der Waals surface area contributed by atoms with Crippen LogP contribution in [0.3, 0.4) is 0 Å². The number of nitriles is 2. The lowest BCUT2D eigenvalue weighted by Gasteiger charge is -2.58. The van der Waals surface area contributed by atoms with Gasteiger partial charge in [0.25, 0.3) is 0 Å². The first-order valence-electron chi connectivity index (χ1n) is 10.5. The summed E-state index contributed by atoms with van der Waals surface area (Å²) in [5.74, 6) is -0.351. The maximum atomic E-state index is 12.9. The Kier molecular flexibility index (Phi) is 4.44. The molecule has 150 valence electrons. The van der Waals surface area contributed by atoms with Gasteiger partial charge in [0.2, 0.25) is 0 Å². The molecule has 0 radical (unpaired) electrons. The van der Waals surface area contributed by atoms with Gasteiger partial charge in [0.05, 0.1) is 11.1 Å². The van der Waals surface area contributed by atoms with E-state index in [0.717, 1.165) is 38.0 Å². The molecule has 0 amide bonds. The van der Waals surface area contributed by atoms with Crippen LogP contribution in [0.25, 0.3) is 0 Å². The largest absolute Gasteiger partial charge is 0.302 e. The molecule has 3 atom stereocenters. The van der Waals surface area contributed by atoms with Crippen LogP contribution in [-0.2, 0) is 9.59 Å². The van der Waals surface area contributed by atoms with Gasteiger partial charge in [-0.3, -0.25) is 9.59 Å². The Hall–Kier alpha value is -2.50. The highest BCUT2D eigenvalue weighted by molar-refractivity contribution is 6.09. The number of allylic oxidation sites excluding steroid dienone is 4. The van der Waals surface area contributed by atoms with Crippen LogP contribution in [0.2, 0.25) is 0 Å². The highest BCUT2D eigenvalue weighted by Crippen LogP contribution is 2.63. The number of rotatable bonds is 2. The van der Waals surface area contributed by atoms with E-state index in [1.54, 1.807) is 6.08 Å². The second kappa shape index (κ2) is 6.51. The molecule has 3 unspecified atom stereocenters. The van der Waals surface area contributed by atoms with Crippen LogP contribution in [0.15, 0.2) is 34.9 Å². The zero-order valence-electron chi connectivity index (χ0n) is 17.4. The van der Waals surface area contributed by atoms with Crippen molar-refractivity contribution in [3.63, 3.8) is 0 Å². The summed E-state index contributed by atoms with van der Waals surface area (Å²) in [6, 6.07) is 4.19. The number of fused-ring (bicyclic) bond motifs is 3. The lowest BCUT2D eigenvalue weighted by atomic mass is 9.45. The standard InChI is InChI=1S/C24H27N3O2/c1-22(2)19-6-7-24(15-27-8-4-5-9-27)12-16(13-25)18(28)10-20(24)23(19,3)11-17(14-26)21(22)29/h10-12,19H,4-9,15H2,1-3H3.